The smallest absolute Gasteiger partial charge is 0.274 e. The quantitative estimate of drug-likeness (QED) is 0.485. The van der Waals surface area contributed by atoms with Crippen LogP contribution in [0.15, 0.2) is 78.3 Å². The molecule has 1 amide bonds. The average Bonchev–Trinajstić information content (AvgIpc) is 3.12. The monoisotopic (exact) mass is 388 g/mol. The van der Waals surface area contributed by atoms with E-state index < -0.39 is 0 Å². The van der Waals surface area contributed by atoms with Gasteiger partial charge in [0.2, 0.25) is 0 Å². The van der Waals surface area contributed by atoms with Crippen LogP contribution in [0.25, 0.3) is 10.8 Å². The summed E-state index contributed by atoms with van der Waals surface area (Å²) >= 11 is 1.68. The standard InChI is InChI=1S/C22H20N4OS/c1-15(28-22-23-10-11-26(22)2)16-8-5-9-19(12-16)25-21(27)20-13-17-6-3-4-7-18(17)14-24-20/h3-15H,1-2H3,(H,25,27). The summed E-state index contributed by atoms with van der Waals surface area (Å²) in [6.07, 6.45) is 5.46. The molecule has 140 valence electrons. The molecule has 6 heteroatoms. The number of fused-ring (bicyclic) bond motifs is 1. The first kappa shape index (κ1) is 18.3. The van der Waals surface area contributed by atoms with E-state index in [2.05, 4.69) is 28.3 Å². The minimum atomic E-state index is -0.215. The molecule has 0 aliphatic heterocycles. The normalized spacial score (nSPS) is 12.1. The third kappa shape index (κ3) is 3.92. The van der Waals surface area contributed by atoms with Crippen LogP contribution in [0.2, 0.25) is 0 Å². The zero-order chi connectivity index (χ0) is 19.5. The van der Waals surface area contributed by atoms with Crippen molar-refractivity contribution in [3.63, 3.8) is 0 Å². The Kier molecular flexibility index (Phi) is 5.12. The number of carbonyl (C=O) groups is 1. The van der Waals surface area contributed by atoms with Gasteiger partial charge < -0.3 is 9.88 Å². The van der Waals surface area contributed by atoms with Crippen LogP contribution in [-0.4, -0.2) is 20.4 Å². The second-order valence-electron chi connectivity index (χ2n) is 6.58. The van der Waals surface area contributed by atoms with Crippen molar-refractivity contribution in [2.24, 2.45) is 7.05 Å². The lowest BCUT2D eigenvalue weighted by atomic mass is 10.1. The molecule has 2 aromatic carbocycles. The van der Waals surface area contributed by atoms with E-state index in [-0.39, 0.29) is 11.2 Å². The van der Waals surface area contributed by atoms with Crippen molar-refractivity contribution in [2.45, 2.75) is 17.3 Å². The van der Waals surface area contributed by atoms with Crippen LogP contribution >= 0.6 is 11.8 Å². The highest BCUT2D eigenvalue weighted by Gasteiger charge is 2.13. The number of nitrogens with one attached hydrogen (secondary N) is 1. The van der Waals surface area contributed by atoms with E-state index in [0.717, 1.165) is 27.2 Å². The van der Waals surface area contributed by atoms with Crippen molar-refractivity contribution in [1.29, 1.82) is 0 Å². The van der Waals surface area contributed by atoms with E-state index in [0.29, 0.717) is 5.69 Å². The van der Waals surface area contributed by atoms with Gasteiger partial charge in [0.15, 0.2) is 5.16 Å². The molecular weight excluding hydrogens is 368 g/mol. The van der Waals surface area contributed by atoms with Crippen molar-refractivity contribution < 1.29 is 4.79 Å². The van der Waals surface area contributed by atoms with Crippen molar-refractivity contribution in [3.05, 3.63) is 84.4 Å². The highest BCUT2D eigenvalue weighted by Crippen LogP contribution is 2.34. The molecule has 4 rings (SSSR count). The molecule has 0 saturated heterocycles. The number of aryl methyl sites for hydroxylation is 1. The summed E-state index contributed by atoms with van der Waals surface area (Å²) in [5.41, 5.74) is 2.28. The Bertz CT molecular complexity index is 1140. The summed E-state index contributed by atoms with van der Waals surface area (Å²) in [4.78, 5) is 21.3. The molecule has 0 aliphatic carbocycles. The Morgan fingerprint density at radius 1 is 1.07 bits per heavy atom. The molecule has 0 spiro atoms. The summed E-state index contributed by atoms with van der Waals surface area (Å²) in [7, 11) is 1.98. The number of nitrogens with zero attached hydrogens (tertiary/aromatic N) is 3. The van der Waals surface area contributed by atoms with Crippen LogP contribution in [0, 0.1) is 0 Å². The van der Waals surface area contributed by atoms with Gasteiger partial charge in [0, 0.05) is 42.0 Å². The summed E-state index contributed by atoms with van der Waals surface area (Å²) in [5.74, 6) is -0.215. The lowest BCUT2D eigenvalue weighted by Crippen LogP contribution is -2.13. The first-order valence-corrected chi connectivity index (χ1v) is 9.88. The first-order chi connectivity index (χ1) is 13.6. The number of carbonyl (C=O) groups excluding carboxylic acids is 1. The summed E-state index contributed by atoms with van der Waals surface area (Å²) < 4.78 is 2.00. The molecule has 0 radical (unpaired) electrons. The van der Waals surface area contributed by atoms with Crippen LogP contribution in [0.3, 0.4) is 0 Å². The van der Waals surface area contributed by atoms with Gasteiger partial charge in [-0.25, -0.2) is 4.98 Å². The van der Waals surface area contributed by atoms with E-state index in [1.807, 2.05) is 66.3 Å². The molecule has 1 atom stereocenters. The zero-order valence-corrected chi connectivity index (χ0v) is 16.5. The molecule has 4 aromatic rings. The van der Waals surface area contributed by atoms with Crippen LogP contribution in [-0.2, 0) is 7.05 Å². The van der Waals surface area contributed by atoms with E-state index >= 15 is 0 Å². The number of aromatic nitrogens is 3. The fourth-order valence-electron chi connectivity index (χ4n) is 2.96. The van der Waals surface area contributed by atoms with Crippen LogP contribution < -0.4 is 5.32 Å². The first-order valence-electron chi connectivity index (χ1n) is 9.00. The van der Waals surface area contributed by atoms with E-state index in [9.17, 15) is 4.79 Å². The van der Waals surface area contributed by atoms with Gasteiger partial charge in [0.1, 0.15) is 5.69 Å². The molecule has 0 fully saturated rings. The Labute approximate surface area is 167 Å². The third-order valence-electron chi connectivity index (χ3n) is 4.54. The minimum Gasteiger partial charge on any atom is -0.329 e. The average molecular weight is 388 g/mol. The predicted octanol–water partition coefficient (Wildman–Crippen LogP) is 5.07. The molecule has 5 nitrogen and oxygen atoms in total. The van der Waals surface area contributed by atoms with Crippen molar-refractivity contribution in [1.82, 2.24) is 14.5 Å². The lowest BCUT2D eigenvalue weighted by molar-refractivity contribution is 0.102. The Balaban J connectivity index is 1.50. The number of rotatable bonds is 5. The summed E-state index contributed by atoms with van der Waals surface area (Å²) in [5, 5.41) is 6.13. The summed E-state index contributed by atoms with van der Waals surface area (Å²) in [6.45, 7) is 2.13. The van der Waals surface area contributed by atoms with E-state index in [1.54, 1.807) is 24.2 Å². The molecule has 2 heterocycles. The predicted molar refractivity (Wildman–Crippen MR) is 114 cm³/mol. The van der Waals surface area contributed by atoms with Gasteiger partial charge in [-0.2, -0.15) is 0 Å². The molecular formula is C22H20N4OS. The number of thioether (sulfide) groups is 1. The number of anilines is 1. The van der Waals surface area contributed by atoms with Gasteiger partial charge in [0.05, 0.1) is 0 Å². The van der Waals surface area contributed by atoms with Gasteiger partial charge in [-0.15, -0.1) is 0 Å². The molecule has 1 N–H and O–H groups in total. The maximum Gasteiger partial charge on any atom is 0.274 e. The van der Waals surface area contributed by atoms with Crippen LogP contribution in [0.1, 0.15) is 28.2 Å². The summed E-state index contributed by atoms with van der Waals surface area (Å²) in [6, 6.07) is 17.6. The highest BCUT2D eigenvalue weighted by atomic mass is 32.2. The maximum absolute atomic E-state index is 12.6. The number of hydrogen-bond acceptors (Lipinski definition) is 4. The Hall–Kier alpha value is -3.12. The number of pyridine rings is 1. The SMILES string of the molecule is CC(Sc1nccn1C)c1cccc(NC(=O)c2cc3ccccc3cn2)c1. The van der Waals surface area contributed by atoms with Gasteiger partial charge in [-0.05, 0) is 36.1 Å². The second-order valence-corrected chi connectivity index (χ2v) is 7.89. The Morgan fingerprint density at radius 2 is 1.89 bits per heavy atom. The van der Waals surface area contributed by atoms with Gasteiger partial charge in [-0.1, -0.05) is 48.2 Å². The molecule has 0 bridgehead atoms. The second kappa shape index (κ2) is 7.86. The van der Waals surface area contributed by atoms with Crippen LogP contribution in [0.4, 0.5) is 5.69 Å². The van der Waals surface area contributed by atoms with Gasteiger partial charge in [-0.3, -0.25) is 9.78 Å². The highest BCUT2D eigenvalue weighted by molar-refractivity contribution is 7.99. The van der Waals surface area contributed by atoms with Crippen molar-refractivity contribution >= 4 is 34.1 Å². The van der Waals surface area contributed by atoms with E-state index in [1.165, 1.54) is 0 Å². The zero-order valence-electron chi connectivity index (χ0n) is 15.7. The third-order valence-corrected chi connectivity index (χ3v) is 5.77. The number of imidazole rings is 1. The van der Waals surface area contributed by atoms with Crippen LogP contribution in [0.5, 0.6) is 0 Å². The maximum atomic E-state index is 12.6. The number of benzene rings is 2. The lowest BCUT2D eigenvalue weighted by Gasteiger charge is -2.13. The van der Waals surface area contributed by atoms with Gasteiger partial charge >= 0.3 is 0 Å². The largest absolute Gasteiger partial charge is 0.329 e. The van der Waals surface area contributed by atoms with Crippen molar-refractivity contribution in [3.8, 4) is 0 Å². The van der Waals surface area contributed by atoms with E-state index in [4.69, 9.17) is 0 Å². The molecule has 1 unspecified atom stereocenters. The number of amides is 1. The topological polar surface area (TPSA) is 59.8 Å². The molecule has 0 saturated carbocycles. The Morgan fingerprint density at radius 3 is 2.68 bits per heavy atom. The van der Waals surface area contributed by atoms with Gasteiger partial charge in [0.25, 0.3) is 5.91 Å². The minimum absolute atomic E-state index is 0.205. The fraction of sp³-hybridized carbons (Fsp3) is 0.136. The van der Waals surface area contributed by atoms with Crippen molar-refractivity contribution in [2.75, 3.05) is 5.32 Å². The number of hydrogen-bond donors (Lipinski definition) is 1. The molecule has 28 heavy (non-hydrogen) atoms. The fourth-order valence-corrected chi connectivity index (χ4v) is 3.91. The molecule has 0 aliphatic rings. The molecule has 2 aromatic heterocycles.